The van der Waals surface area contributed by atoms with Crippen LogP contribution in [0.1, 0.15) is 10.7 Å². The summed E-state index contributed by atoms with van der Waals surface area (Å²) in [4.78, 5) is 12.3. The summed E-state index contributed by atoms with van der Waals surface area (Å²) in [7, 11) is 0. The minimum atomic E-state index is 0.385. The lowest BCUT2D eigenvalue weighted by molar-refractivity contribution is 1.05. The second kappa shape index (κ2) is 4.55. The minimum Gasteiger partial charge on any atom is -0.362 e. The molecule has 0 amide bonds. The van der Waals surface area contributed by atoms with Gasteiger partial charge >= 0.3 is 0 Å². The number of hydrogen-bond donors (Lipinski definition) is 1. The Morgan fingerprint density at radius 3 is 2.93 bits per heavy atom. The standard InChI is InChI=1S/C9H9ClN4S/c1-6-5-15-9(13-6)4-12-8-3-11-2-7(10)14-8/h2-3,5H,4H2,1H3,(H,12,14). The zero-order valence-electron chi connectivity index (χ0n) is 8.07. The molecule has 0 unspecified atom stereocenters. The van der Waals surface area contributed by atoms with Gasteiger partial charge in [0, 0.05) is 11.1 Å². The summed E-state index contributed by atoms with van der Waals surface area (Å²) in [6.45, 7) is 2.62. The summed E-state index contributed by atoms with van der Waals surface area (Å²) in [5.41, 5.74) is 1.04. The van der Waals surface area contributed by atoms with E-state index in [-0.39, 0.29) is 0 Å². The van der Waals surface area contributed by atoms with Crippen molar-refractivity contribution in [1.82, 2.24) is 15.0 Å². The Morgan fingerprint density at radius 1 is 1.40 bits per heavy atom. The highest BCUT2D eigenvalue weighted by Crippen LogP contribution is 2.12. The molecule has 0 radical (unpaired) electrons. The Morgan fingerprint density at radius 2 is 2.27 bits per heavy atom. The molecule has 6 heteroatoms. The van der Waals surface area contributed by atoms with Gasteiger partial charge in [0.05, 0.1) is 18.9 Å². The van der Waals surface area contributed by atoms with Crippen LogP contribution in [-0.4, -0.2) is 15.0 Å². The summed E-state index contributed by atoms with van der Waals surface area (Å²) < 4.78 is 0. The Bertz CT molecular complexity index is 457. The second-order valence-corrected chi connectivity index (χ2v) is 4.29. The van der Waals surface area contributed by atoms with Gasteiger partial charge in [-0.2, -0.15) is 0 Å². The van der Waals surface area contributed by atoms with E-state index < -0.39 is 0 Å². The van der Waals surface area contributed by atoms with Gasteiger partial charge in [0.2, 0.25) is 0 Å². The Balaban J connectivity index is 1.99. The number of anilines is 1. The van der Waals surface area contributed by atoms with Crippen molar-refractivity contribution in [3.05, 3.63) is 33.6 Å². The van der Waals surface area contributed by atoms with E-state index in [2.05, 4.69) is 20.3 Å². The molecule has 0 spiro atoms. The maximum Gasteiger partial charge on any atom is 0.149 e. The number of thiazole rings is 1. The smallest absolute Gasteiger partial charge is 0.149 e. The average Bonchev–Trinajstić information content (AvgIpc) is 2.62. The van der Waals surface area contributed by atoms with E-state index in [0.717, 1.165) is 10.7 Å². The van der Waals surface area contributed by atoms with Crippen LogP contribution in [0.15, 0.2) is 17.8 Å². The number of rotatable bonds is 3. The third-order valence-corrected chi connectivity index (χ3v) is 2.84. The van der Waals surface area contributed by atoms with Gasteiger partial charge in [-0.05, 0) is 6.92 Å². The molecule has 1 N–H and O–H groups in total. The van der Waals surface area contributed by atoms with E-state index in [9.17, 15) is 0 Å². The molecule has 0 bridgehead atoms. The van der Waals surface area contributed by atoms with E-state index in [4.69, 9.17) is 11.6 Å². The highest BCUT2D eigenvalue weighted by Gasteiger charge is 2.00. The molecule has 4 nitrogen and oxygen atoms in total. The fraction of sp³-hybridized carbons (Fsp3) is 0.222. The molecule has 0 saturated heterocycles. The summed E-state index contributed by atoms with van der Waals surface area (Å²) in [6, 6.07) is 0. The first kappa shape index (κ1) is 10.3. The SMILES string of the molecule is Cc1csc(CNc2cncc(Cl)n2)n1. The molecule has 0 aliphatic carbocycles. The molecule has 2 aromatic rings. The third kappa shape index (κ3) is 2.87. The topological polar surface area (TPSA) is 50.7 Å². The quantitative estimate of drug-likeness (QED) is 0.896. The molecular formula is C9H9ClN4S. The molecule has 2 rings (SSSR count). The molecule has 0 fully saturated rings. The maximum atomic E-state index is 5.70. The van der Waals surface area contributed by atoms with Crippen LogP contribution in [0.5, 0.6) is 0 Å². The normalized spacial score (nSPS) is 10.3. The van der Waals surface area contributed by atoms with Crippen LogP contribution in [0, 0.1) is 6.92 Å². The van der Waals surface area contributed by atoms with Crippen LogP contribution in [0.2, 0.25) is 5.15 Å². The number of nitrogens with zero attached hydrogens (tertiary/aromatic N) is 3. The number of hydrogen-bond acceptors (Lipinski definition) is 5. The first-order valence-electron chi connectivity index (χ1n) is 4.36. The van der Waals surface area contributed by atoms with E-state index in [1.54, 1.807) is 17.5 Å². The van der Waals surface area contributed by atoms with E-state index in [1.807, 2.05) is 12.3 Å². The van der Waals surface area contributed by atoms with Crippen LogP contribution in [0.25, 0.3) is 0 Å². The first-order valence-corrected chi connectivity index (χ1v) is 5.62. The second-order valence-electron chi connectivity index (χ2n) is 2.96. The fourth-order valence-electron chi connectivity index (χ4n) is 1.08. The van der Waals surface area contributed by atoms with Gasteiger partial charge < -0.3 is 5.32 Å². The first-order chi connectivity index (χ1) is 7.24. The lowest BCUT2D eigenvalue weighted by Crippen LogP contribution is -2.01. The average molecular weight is 241 g/mol. The summed E-state index contributed by atoms with van der Waals surface area (Å²) in [5.74, 6) is 0.662. The number of nitrogens with one attached hydrogen (secondary N) is 1. The summed E-state index contributed by atoms with van der Waals surface area (Å²) in [5, 5.41) is 6.53. The molecule has 0 atom stereocenters. The van der Waals surface area contributed by atoms with Crippen molar-refractivity contribution < 1.29 is 0 Å². The van der Waals surface area contributed by atoms with Gasteiger partial charge in [-0.1, -0.05) is 11.6 Å². The van der Waals surface area contributed by atoms with Gasteiger partial charge in [0.1, 0.15) is 16.0 Å². The van der Waals surface area contributed by atoms with Gasteiger partial charge in [-0.15, -0.1) is 11.3 Å². The largest absolute Gasteiger partial charge is 0.362 e. The molecule has 0 aliphatic rings. The van der Waals surface area contributed by atoms with Crippen molar-refractivity contribution in [2.24, 2.45) is 0 Å². The van der Waals surface area contributed by atoms with Gasteiger partial charge in [-0.25, -0.2) is 9.97 Å². The van der Waals surface area contributed by atoms with Crippen molar-refractivity contribution in [3.8, 4) is 0 Å². The van der Waals surface area contributed by atoms with Crippen LogP contribution >= 0.6 is 22.9 Å². The molecule has 2 heterocycles. The predicted molar refractivity (Wildman–Crippen MR) is 61.2 cm³/mol. The fourth-order valence-corrected chi connectivity index (χ4v) is 1.94. The zero-order chi connectivity index (χ0) is 10.7. The van der Waals surface area contributed by atoms with Gasteiger partial charge in [-0.3, -0.25) is 4.98 Å². The van der Waals surface area contributed by atoms with Crippen molar-refractivity contribution >= 4 is 28.8 Å². The number of aryl methyl sites for hydroxylation is 1. The van der Waals surface area contributed by atoms with Gasteiger partial charge in [0.25, 0.3) is 0 Å². The third-order valence-electron chi connectivity index (χ3n) is 1.69. The molecule has 78 valence electrons. The predicted octanol–water partition coefficient (Wildman–Crippen LogP) is 2.51. The molecular weight excluding hydrogens is 232 g/mol. The van der Waals surface area contributed by atoms with Crippen molar-refractivity contribution in [1.29, 1.82) is 0 Å². The van der Waals surface area contributed by atoms with Crippen LogP contribution in [-0.2, 0) is 6.54 Å². The Kier molecular flexibility index (Phi) is 3.13. The number of aromatic nitrogens is 3. The Labute approximate surface area is 96.4 Å². The molecule has 15 heavy (non-hydrogen) atoms. The van der Waals surface area contributed by atoms with Gasteiger partial charge in [0.15, 0.2) is 0 Å². The van der Waals surface area contributed by atoms with Crippen molar-refractivity contribution in [2.75, 3.05) is 5.32 Å². The molecule has 0 saturated carbocycles. The summed E-state index contributed by atoms with van der Waals surface area (Å²) in [6.07, 6.45) is 3.13. The Hall–Kier alpha value is -1.20. The van der Waals surface area contributed by atoms with Crippen LogP contribution < -0.4 is 5.32 Å². The molecule has 2 aromatic heterocycles. The number of halogens is 1. The summed E-state index contributed by atoms with van der Waals surface area (Å²) >= 11 is 7.32. The van der Waals surface area contributed by atoms with Crippen LogP contribution in [0.3, 0.4) is 0 Å². The van der Waals surface area contributed by atoms with E-state index in [0.29, 0.717) is 17.5 Å². The van der Waals surface area contributed by atoms with Crippen molar-refractivity contribution in [3.63, 3.8) is 0 Å². The van der Waals surface area contributed by atoms with Crippen LogP contribution in [0.4, 0.5) is 5.82 Å². The maximum absolute atomic E-state index is 5.70. The highest BCUT2D eigenvalue weighted by molar-refractivity contribution is 7.09. The van der Waals surface area contributed by atoms with E-state index in [1.165, 1.54) is 6.20 Å². The monoisotopic (exact) mass is 240 g/mol. The van der Waals surface area contributed by atoms with Crippen molar-refractivity contribution in [2.45, 2.75) is 13.5 Å². The lowest BCUT2D eigenvalue weighted by Gasteiger charge is -2.01. The highest BCUT2D eigenvalue weighted by atomic mass is 35.5. The lowest BCUT2D eigenvalue weighted by atomic mass is 10.5. The van der Waals surface area contributed by atoms with E-state index >= 15 is 0 Å². The molecule has 0 aromatic carbocycles. The zero-order valence-corrected chi connectivity index (χ0v) is 9.64. The minimum absolute atomic E-state index is 0.385. The molecule has 0 aliphatic heterocycles.